The van der Waals surface area contributed by atoms with Crippen LogP contribution in [0.25, 0.3) is 17.0 Å². The van der Waals surface area contributed by atoms with Gasteiger partial charge in [0, 0.05) is 33.7 Å². The molecule has 1 heterocycles. The minimum Gasteiger partial charge on any atom is -0.508 e. The first-order valence-corrected chi connectivity index (χ1v) is 8.17. The van der Waals surface area contributed by atoms with Crippen molar-refractivity contribution < 1.29 is 19.1 Å². The number of phenols is 1. The quantitative estimate of drug-likeness (QED) is 0.423. The van der Waals surface area contributed by atoms with Crippen LogP contribution in [0.4, 0.5) is 0 Å². The molecular weight excluding hydrogens is 356 g/mol. The summed E-state index contributed by atoms with van der Waals surface area (Å²) in [4.78, 5) is 23.7. The molecule has 0 aliphatic rings. The SMILES string of the molecule is Cc1c(O)ccc2c(COC(=O)/C=C/c3cccc(Cl)c3)cc(=O)oc12. The summed E-state index contributed by atoms with van der Waals surface area (Å²) in [5.41, 5.74) is 1.42. The van der Waals surface area contributed by atoms with Crippen LogP contribution >= 0.6 is 11.6 Å². The maximum absolute atomic E-state index is 11.9. The van der Waals surface area contributed by atoms with E-state index in [2.05, 4.69) is 0 Å². The van der Waals surface area contributed by atoms with Gasteiger partial charge in [-0.25, -0.2) is 9.59 Å². The van der Waals surface area contributed by atoms with E-state index in [1.54, 1.807) is 43.3 Å². The van der Waals surface area contributed by atoms with Crippen molar-refractivity contribution in [1.29, 1.82) is 0 Å². The Bertz CT molecular complexity index is 1070. The molecular formula is C20H15ClO5. The first-order valence-electron chi connectivity index (χ1n) is 7.80. The van der Waals surface area contributed by atoms with Crippen molar-refractivity contribution in [2.45, 2.75) is 13.5 Å². The van der Waals surface area contributed by atoms with E-state index in [0.717, 1.165) is 5.56 Å². The zero-order chi connectivity index (χ0) is 18.7. The number of aryl methyl sites for hydroxylation is 1. The van der Waals surface area contributed by atoms with E-state index in [9.17, 15) is 14.7 Å². The average Bonchev–Trinajstić information content (AvgIpc) is 2.61. The number of phenolic OH excluding ortho intramolecular Hbond substituents is 1. The molecule has 1 N–H and O–H groups in total. The summed E-state index contributed by atoms with van der Waals surface area (Å²) < 4.78 is 10.4. The van der Waals surface area contributed by atoms with Crippen molar-refractivity contribution in [1.82, 2.24) is 0 Å². The third-order valence-corrected chi connectivity index (χ3v) is 4.08. The van der Waals surface area contributed by atoms with Crippen LogP contribution < -0.4 is 5.63 Å². The first-order chi connectivity index (χ1) is 12.4. The molecule has 0 aliphatic carbocycles. The summed E-state index contributed by atoms with van der Waals surface area (Å²) in [6, 6.07) is 11.4. The van der Waals surface area contributed by atoms with Gasteiger partial charge in [0.25, 0.3) is 0 Å². The molecule has 1 aromatic heterocycles. The third-order valence-electron chi connectivity index (χ3n) is 3.85. The van der Waals surface area contributed by atoms with Crippen molar-refractivity contribution in [3.63, 3.8) is 0 Å². The van der Waals surface area contributed by atoms with Gasteiger partial charge >= 0.3 is 11.6 Å². The highest BCUT2D eigenvalue weighted by Gasteiger charge is 2.11. The van der Waals surface area contributed by atoms with E-state index in [-0.39, 0.29) is 17.9 Å². The van der Waals surface area contributed by atoms with Gasteiger partial charge in [-0.15, -0.1) is 0 Å². The molecule has 0 atom stereocenters. The third kappa shape index (κ3) is 3.95. The highest BCUT2D eigenvalue weighted by atomic mass is 35.5. The Labute approximate surface area is 154 Å². The van der Waals surface area contributed by atoms with Gasteiger partial charge in [0.1, 0.15) is 17.9 Å². The van der Waals surface area contributed by atoms with Gasteiger partial charge in [-0.2, -0.15) is 0 Å². The van der Waals surface area contributed by atoms with Gasteiger partial charge in [0.15, 0.2) is 0 Å². The highest BCUT2D eigenvalue weighted by Crippen LogP contribution is 2.27. The molecule has 6 heteroatoms. The van der Waals surface area contributed by atoms with Gasteiger partial charge < -0.3 is 14.3 Å². The van der Waals surface area contributed by atoms with Gasteiger partial charge in [-0.05, 0) is 42.8 Å². The van der Waals surface area contributed by atoms with E-state index in [1.165, 1.54) is 18.2 Å². The molecule has 0 radical (unpaired) electrons. The number of rotatable bonds is 4. The Balaban J connectivity index is 1.78. The van der Waals surface area contributed by atoms with Crippen LogP contribution in [0.3, 0.4) is 0 Å². The van der Waals surface area contributed by atoms with Gasteiger partial charge in [0.05, 0.1) is 0 Å². The topological polar surface area (TPSA) is 76.7 Å². The molecule has 5 nitrogen and oxygen atoms in total. The van der Waals surface area contributed by atoms with Crippen molar-refractivity contribution in [2.75, 3.05) is 0 Å². The molecule has 0 unspecified atom stereocenters. The van der Waals surface area contributed by atoms with Crippen molar-refractivity contribution >= 4 is 34.6 Å². The lowest BCUT2D eigenvalue weighted by atomic mass is 10.1. The number of hydrogen-bond donors (Lipinski definition) is 1. The Morgan fingerprint density at radius 3 is 2.85 bits per heavy atom. The van der Waals surface area contributed by atoms with Crippen LogP contribution in [-0.2, 0) is 16.1 Å². The second kappa shape index (κ2) is 7.45. The van der Waals surface area contributed by atoms with E-state index < -0.39 is 11.6 Å². The predicted molar refractivity (Wildman–Crippen MR) is 99.2 cm³/mol. The van der Waals surface area contributed by atoms with E-state index in [0.29, 0.717) is 21.5 Å². The second-order valence-electron chi connectivity index (χ2n) is 5.67. The van der Waals surface area contributed by atoms with Crippen LogP contribution in [0.15, 0.2) is 57.8 Å². The first kappa shape index (κ1) is 17.8. The number of halogens is 1. The predicted octanol–water partition coefficient (Wildman–Crippen LogP) is 4.22. The molecule has 0 aliphatic heterocycles. The van der Waals surface area contributed by atoms with Gasteiger partial charge in [-0.1, -0.05) is 23.7 Å². The standard InChI is InChI=1S/C20H15ClO5/c1-12-17(22)7-6-16-14(10-19(24)26-20(12)16)11-25-18(23)8-5-13-3-2-4-15(21)9-13/h2-10,22H,11H2,1H3/b8-5+. The summed E-state index contributed by atoms with van der Waals surface area (Å²) >= 11 is 5.89. The number of aromatic hydroxyl groups is 1. The number of benzene rings is 2. The summed E-state index contributed by atoms with van der Waals surface area (Å²) in [6.45, 7) is 1.55. The fourth-order valence-electron chi connectivity index (χ4n) is 2.51. The second-order valence-corrected chi connectivity index (χ2v) is 6.11. The van der Waals surface area contributed by atoms with E-state index >= 15 is 0 Å². The number of carbonyl (C=O) groups is 1. The van der Waals surface area contributed by atoms with Crippen LogP contribution in [0, 0.1) is 6.92 Å². The average molecular weight is 371 g/mol. The summed E-state index contributed by atoms with van der Waals surface area (Å²) in [5.74, 6) is -0.527. The largest absolute Gasteiger partial charge is 0.508 e. The van der Waals surface area contributed by atoms with Crippen LogP contribution in [0.5, 0.6) is 5.75 Å². The molecule has 0 bridgehead atoms. The highest BCUT2D eigenvalue weighted by molar-refractivity contribution is 6.30. The summed E-state index contributed by atoms with van der Waals surface area (Å²) in [7, 11) is 0. The number of esters is 1. The lowest BCUT2D eigenvalue weighted by Gasteiger charge is -2.08. The molecule has 0 saturated heterocycles. The number of fused-ring (bicyclic) bond motifs is 1. The van der Waals surface area contributed by atoms with Gasteiger partial charge in [-0.3, -0.25) is 0 Å². The number of hydrogen-bond acceptors (Lipinski definition) is 5. The molecule has 3 rings (SSSR count). The van der Waals surface area contributed by atoms with Crippen molar-refractivity contribution in [3.05, 3.63) is 80.7 Å². The fraction of sp³-hybridized carbons (Fsp3) is 0.100. The Morgan fingerprint density at radius 2 is 2.08 bits per heavy atom. The van der Waals surface area contributed by atoms with Crippen molar-refractivity contribution in [2.24, 2.45) is 0 Å². The number of ether oxygens (including phenoxy) is 1. The van der Waals surface area contributed by atoms with Crippen LogP contribution in [0.2, 0.25) is 5.02 Å². The van der Waals surface area contributed by atoms with E-state index in [1.807, 2.05) is 0 Å². The molecule has 0 amide bonds. The Hall–Kier alpha value is -3.05. The smallest absolute Gasteiger partial charge is 0.336 e. The van der Waals surface area contributed by atoms with Crippen LogP contribution in [-0.4, -0.2) is 11.1 Å². The molecule has 2 aromatic carbocycles. The molecule has 0 fully saturated rings. The zero-order valence-corrected chi connectivity index (χ0v) is 14.6. The molecule has 132 valence electrons. The van der Waals surface area contributed by atoms with Crippen molar-refractivity contribution in [3.8, 4) is 5.75 Å². The number of carbonyl (C=O) groups excluding carboxylic acids is 1. The maximum Gasteiger partial charge on any atom is 0.336 e. The zero-order valence-electron chi connectivity index (χ0n) is 13.9. The Kier molecular flexibility index (Phi) is 5.09. The maximum atomic E-state index is 11.9. The van der Waals surface area contributed by atoms with Gasteiger partial charge in [0.2, 0.25) is 0 Å². The molecule has 3 aromatic rings. The fourth-order valence-corrected chi connectivity index (χ4v) is 2.71. The molecule has 0 saturated carbocycles. The normalized spacial score (nSPS) is 11.2. The van der Waals surface area contributed by atoms with Crippen LogP contribution in [0.1, 0.15) is 16.7 Å². The Morgan fingerprint density at radius 1 is 1.27 bits per heavy atom. The minimum atomic E-state index is -0.577. The molecule has 26 heavy (non-hydrogen) atoms. The lowest BCUT2D eigenvalue weighted by Crippen LogP contribution is -2.06. The summed E-state index contributed by atoms with van der Waals surface area (Å²) in [6.07, 6.45) is 2.88. The van der Waals surface area contributed by atoms with E-state index in [4.69, 9.17) is 20.8 Å². The molecule has 0 spiro atoms. The minimum absolute atomic E-state index is 0.0271. The monoisotopic (exact) mass is 370 g/mol. The lowest BCUT2D eigenvalue weighted by molar-refractivity contribution is -0.138. The summed E-state index contributed by atoms with van der Waals surface area (Å²) in [5, 5.41) is 10.9.